The van der Waals surface area contributed by atoms with Crippen LogP contribution in [0.5, 0.6) is 0 Å². The quantitative estimate of drug-likeness (QED) is 0.616. The van der Waals surface area contributed by atoms with Crippen molar-refractivity contribution < 1.29 is 0 Å². The average molecular weight is 290 g/mol. The molecule has 1 aromatic carbocycles. The zero-order valence-corrected chi connectivity index (χ0v) is 12.3. The Kier molecular flexibility index (Phi) is 2.75. The number of hydrogen-bond donors (Lipinski definition) is 1. The monoisotopic (exact) mass is 290 g/mol. The number of aromatic amines is 1. The van der Waals surface area contributed by atoms with Gasteiger partial charge in [-0.3, -0.25) is 4.98 Å². The SMILES string of the molecule is Cc1cccc(-c2[nH]cnc2-c2ccc3nn(C)nc3c2)n1. The molecule has 0 aliphatic rings. The number of aryl methyl sites for hydroxylation is 2. The van der Waals surface area contributed by atoms with Gasteiger partial charge >= 0.3 is 0 Å². The highest BCUT2D eigenvalue weighted by Crippen LogP contribution is 2.29. The van der Waals surface area contributed by atoms with Crippen molar-refractivity contribution in [3.8, 4) is 22.6 Å². The fourth-order valence-corrected chi connectivity index (χ4v) is 2.56. The van der Waals surface area contributed by atoms with Crippen LogP contribution in [-0.4, -0.2) is 29.9 Å². The van der Waals surface area contributed by atoms with Crippen molar-refractivity contribution in [3.05, 3.63) is 48.4 Å². The predicted octanol–water partition coefficient (Wildman–Crippen LogP) is 2.73. The first-order valence-corrected chi connectivity index (χ1v) is 6.99. The van der Waals surface area contributed by atoms with Gasteiger partial charge in [-0.15, -0.1) is 0 Å². The molecule has 0 amide bonds. The van der Waals surface area contributed by atoms with E-state index in [0.29, 0.717) is 0 Å². The summed E-state index contributed by atoms with van der Waals surface area (Å²) in [6.07, 6.45) is 1.69. The Morgan fingerprint density at radius 3 is 2.77 bits per heavy atom. The van der Waals surface area contributed by atoms with Gasteiger partial charge in [-0.05, 0) is 31.2 Å². The molecule has 0 saturated carbocycles. The highest BCUT2D eigenvalue weighted by Gasteiger charge is 2.13. The van der Waals surface area contributed by atoms with E-state index >= 15 is 0 Å². The molecule has 0 radical (unpaired) electrons. The Bertz CT molecular complexity index is 966. The smallest absolute Gasteiger partial charge is 0.113 e. The largest absolute Gasteiger partial charge is 0.343 e. The van der Waals surface area contributed by atoms with Crippen LogP contribution in [0.2, 0.25) is 0 Å². The van der Waals surface area contributed by atoms with Gasteiger partial charge in [0, 0.05) is 18.3 Å². The van der Waals surface area contributed by atoms with E-state index in [4.69, 9.17) is 0 Å². The fourth-order valence-electron chi connectivity index (χ4n) is 2.56. The Balaban J connectivity index is 1.87. The van der Waals surface area contributed by atoms with Crippen LogP contribution in [0.3, 0.4) is 0 Å². The molecule has 0 spiro atoms. The van der Waals surface area contributed by atoms with Gasteiger partial charge < -0.3 is 4.98 Å². The minimum absolute atomic E-state index is 0.853. The molecule has 6 heteroatoms. The molecule has 4 aromatic rings. The molecule has 0 aliphatic heterocycles. The second kappa shape index (κ2) is 4.77. The zero-order chi connectivity index (χ0) is 15.1. The number of rotatable bonds is 2. The highest BCUT2D eigenvalue weighted by atomic mass is 15.4. The Morgan fingerprint density at radius 2 is 1.91 bits per heavy atom. The standard InChI is InChI=1S/C16H14N6/c1-10-4-3-5-13(19-10)16-15(17-9-18-16)11-6-7-12-14(8-11)21-22(2)20-12/h3-9H,1-2H3,(H,17,18). The van der Waals surface area contributed by atoms with Crippen LogP contribution in [0.25, 0.3) is 33.7 Å². The van der Waals surface area contributed by atoms with Gasteiger partial charge in [-0.2, -0.15) is 15.0 Å². The minimum atomic E-state index is 0.853. The Morgan fingerprint density at radius 1 is 1.05 bits per heavy atom. The van der Waals surface area contributed by atoms with E-state index < -0.39 is 0 Å². The van der Waals surface area contributed by atoms with Crippen LogP contribution in [0.15, 0.2) is 42.7 Å². The molecule has 1 N–H and O–H groups in total. The normalized spacial score (nSPS) is 11.2. The van der Waals surface area contributed by atoms with Gasteiger partial charge in [0.25, 0.3) is 0 Å². The fraction of sp³-hybridized carbons (Fsp3) is 0.125. The highest BCUT2D eigenvalue weighted by molar-refractivity contribution is 5.84. The molecule has 0 atom stereocenters. The summed E-state index contributed by atoms with van der Waals surface area (Å²) < 4.78 is 0. The summed E-state index contributed by atoms with van der Waals surface area (Å²) in [6, 6.07) is 11.9. The lowest BCUT2D eigenvalue weighted by Gasteiger charge is -2.03. The topological polar surface area (TPSA) is 72.3 Å². The molecule has 0 fully saturated rings. The lowest BCUT2D eigenvalue weighted by molar-refractivity contribution is 0.665. The average Bonchev–Trinajstić information content (AvgIpc) is 3.11. The third-order valence-electron chi connectivity index (χ3n) is 3.54. The number of imidazole rings is 1. The van der Waals surface area contributed by atoms with Crippen LogP contribution >= 0.6 is 0 Å². The van der Waals surface area contributed by atoms with Gasteiger partial charge in [-0.1, -0.05) is 12.1 Å². The number of nitrogens with one attached hydrogen (secondary N) is 1. The number of fused-ring (bicyclic) bond motifs is 1. The molecular weight excluding hydrogens is 276 g/mol. The number of H-pyrrole nitrogens is 1. The van der Waals surface area contributed by atoms with Crippen LogP contribution in [0, 0.1) is 6.92 Å². The number of hydrogen-bond acceptors (Lipinski definition) is 4. The predicted molar refractivity (Wildman–Crippen MR) is 84.1 cm³/mol. The van der Waals surface area contributed by atoms with Crippen molar-refractivity contribution in [2.75, 3.05) is 0 Å². The number of nitrogens with zero attached hydrogens (tertiary/aromatic N) is 5. The molecule has 0 unspecified atom stereocenters. The molecule has 3 heterocycles. The van der Waals surface area contributed by atoms with E-state index in [-0.39, 0.29) is 0 Å². The van der Waals surface area contributed by atoms with Crippen LogP contribution < -0.4 is 0 Å². The summed E-state index contributed by atoms with van der Waals surface area (Å²) in [6.45, 7) is 1.98. The maximum atomic E-state index is 4.56. The van der Waals surface area contributed by atoms with Gasteiger partial charge in [0.1, 0.15) is 11.0 Å². The molecule has 3 aromatic heterocycles. The summed E-state index contributed by atoms with van der Waals surface area (Å²) in [5, 5.41) is 8.64. The molecule has 0 bridgehead atoms. The molecule has 22 heavy (non-hydrogen) atoms. The third-order valence-corrected chi connectivity index (χ3v) is 3.54. The van der Waals surface area contributed by atoms with Gasteiger partial charge in [0.15, 0.2) is 0 Å². The summed E-state index contributed by atoms with van der Waals surface area (Å²) in [7, 11) is 1.82. The molecule has 0 aliphatic carbocycles. The van der Waals surface area contributed by atoms with E-state index in [1.807, 2.05) is 50.4 Å². The van der Waals surface area contributed by atoms with Gasteiger partial charge in [0.05, 0.1) is 23.4 Å². The first kappa shape index (κ1) is 12.7. The zero-order valence-electron chi connectivity index (χ0n) is 12.3. The van der Waals surface area contributed by atoms with Crippen molar-refractivity contribution in [3.63, 3.8) is 0 Å². The summed E-state index contributed by atoms with van der Waals surface area (Å²) >= 11 is 0. The minimum Gasteiger partial charge on any atom is -0.343 e. The van der Waals surface area contributed by atoms with Crippen molar-refractivity contribution in [1.29, 1.82) is 0 Å². The van der Waals surface area contributed by atoms with Crippen LogP contribution in [-0.2, 0) is 7.05 Å². The number of pyridine rings is 1. The van der Waals surface area contributed by atoms with E-state index in [0.717, 1.165) is 39.4 Å². The summed E-state index contributed by atoms with van der Waals surface area (Å²) in [5.41, 5.74) is 6.35. The van der Waals surface area contributed by atoms with E-state index in [1.165, 1.54) is 0 Å². The summed E-state index contributed by atoms with van der Waals surface area (Å²) in [5.74, 6) is 0. The first-order chi connectivity index (χ1) is 10.7. The molecule has 6 nitrogen and oxygen atoms in total. The van der Waals surface area contributed by atoms with E-state index in [1.54, 1.807) is 11.1 Å². The van der Waals surface area contributed by atoms with Crippen LogP contribution in [0.4, 0.5) is 0 Å². The molecular formula is C16H14N6. The Labute approximate surface area is 126 Å². The van der Waals surface area contributed by atoms with E-state index in [2.05, 4.69) is 25.1 Å². The maximum Gasteiger partial charge on any atom is 0.113 e. The Hall–Kier alpha value is -3.02. The molecule has 0 saturated heterocycles. The third kappa shape index (κ3) is 2.05. The number of benzene rings is 1. The van der Waals surface area contributed by atoms with Crippen molar-refractivity contribution in [1.82, 2.24) is 29.9 Å². The maximum absolute atomic E-state index is 4.56. The lowest BCUT2D eigenvalue weighted by Crippen LogP contribution is -1.90. The van der Waals surface area contributed by atoms with Crippen molar-refractivity contribution in [2.45, 2.75) is 6.92 Å². The van der Waals surface area contributed by atoms with Crippen molar-refractivity contribution >= 4 is 11.0 Å². The lowest BCUT2D eigenvalue weighted by atomic mass is 10.1. The number of aromatic nitrogens is 6. The van der Waals surface area contributed by atoms with E-state index in [9.17, 15) is 0 Å². The van der Waals surface area contributed by atoms with Gasteiger partial charge in [0.2, 0.25) is 0 Å². The molecule has 108 valence electrons. The first-order valence-electron chi connectivity index (χ1n) is 6.99. The van der Waals surface area contributed by atoms with Crippen LogP contribution in [0.1, 0.15) is 5.69 Å². The van der Waals surface area contributed by atoms with Crippen molar-refractivity contribution in [2.24, 2.45) is 7.05 Å². The molecule has 4 rings (SSSR count). The second-order valence-corrected chi connectivity index (χ2v) is 5.18. The van der Waals surface area contributed by atoms with Gasteiger partial charge in [-0.25, -0.2) is 4.98 Å². The summed E-state index contributed by atoms with van der Waals surface area (Å²) in [4.78, 5) is 13.8. The second-order valence-electron chi connectivity index (χ2n) is 5.18.